The van der Waals surface area contributed by atoms with Crippen LogP contribution in [0.5, 0.6) is 0 Å². The first-order valence-electron chi connectivity index (χ1n) is 6.47. The fraction of sp³-hybridized carbons (Fsp3) is 0.500. The van der Waals surface area contributed by atoms with Crippen LogP contribution in [0.1, 0.15) is 12.0 Å². The molecule has 1 aliphatic heterocycles. The summed E-state index contributed by atoms with van der Waals surface area (Å²) in [6.45, 7) is 1.23. The number of rotatable bonds is 3. The van der Waals surface area contributed by atoms with Gasteiger partial charge in [0.05, 0.1) is 6.04 Å². The van der Waals surface area contributed by atoms with Crippen molar-refractivity contribution in [2.24, 2.45) is 0 Å². The summed E-state index contributed by atoms with van der Waals surface area (Å²) in [6.07, 6.45) is -0.903. The zero-order chi connectivity index (χ0) is 13.7. The first-order chi connectivity index (χ1) is 9.18. The Bertz CT molecular complexity index is 413. The molecule has 1 N–H and O–H groups in total. The molecule has 2 atom stereocenters. The molecule has 2 rings (SSSR count). The third-order valence-electron chi connectivity index (χ3n) is 3.36. The number of hydrogen-bond donors (Lipinski definition) is 1. The van der Waals surface area contributed by atoms with E-state index >= 15 is 0 Å². The lowest BCUT2D eigenvalue weighted by molar-refractivity contribution is 0.0607. The Hall–Kier alpha value is -1.62. The third kappa shape index (κ3) is 3.67. The largest absolute Gasteiger partial charge is 0.445 e. The van der Waals surface area contributed by atoms with Gasteiger partial charge < -0.3 is 15.0 Å². The summed E-state index contributed by atoms with van der Waals surface area (Å²) in [5, 5.41) is 2.96. The Morgan fingerprint density at radius 3 is 2.89 bits per heavy atom. The Morgan fingerprint density at radius 2 is 2.21 bits per heavy atom. The highest BCUT2D eigenvalue weighted by molar-refractivity contribution is 5.67. The molecule has 1 fully saturated rings. The van der Waals surface area contributed by atoms with E-state index in [1.54, 1.807) is 7.05 Å². The summed E-state index contributed by atoms with van der Waals surface area (Å²) in [7, 11) is 1.59. The molecule has 4 nitrogen and oxygen atoms in total. The Kier molecular flexibility index (Phi) is 4.74. The Balaban J connectivity index is 1.85. The van der Waals surface area contributed by atoms with Crippen molar-refractivity contribution in [1.82, 2.24) is 10.2 Å². The average molecular weight is 266 g/mol. The molecule has 0 bridgehead atoms. The summed E-state index contributed by atoms with van der Waals surface area (Å²) in [6, 6.07) is 9.05. The van der Waals surface area contributed by atoms with Gasteiger partial charge >= 0.3 is 6.09 Å². The molecule has 0 spiro atoms. The van der Waals surface area contributed by atoms with Gasteiger partial charge in [-0.25, -0.2) is 9.18 Å². The van der Waals surface area contributed by atoms with Crippen molar-refractivity contribution in [2.75, 3.05) is 20.1 Å². The van der Waals surface area contributed by atoms with Crippen LogP contribution in [0.4, 0.5) is 9.18 Å². The van der Waals surface area contributed by atoms with Crippen LogP contribution in [0, 0.1) is 0 Å². The standard InChI is InChI=1S/C14H19FN2O2/c1-17(13-7-8-16-9-12(13)15)14(18)19-10-11-5-3-2-4-6-11/h2-6,12-13,16H,7-10H2,1H3/t12-,13+/m0/s1. The molecular formula is C14H19FN2O2. The van der Waals surface area contributed by atoms with Crippen molar-refractivity contribution >= 4 is 6.09 Å². The topological polar surface area (TPSA) is 41.6 Å². The van der Waals surface area contributed by atoms with Gasteiger partial charge in [-0.3, -0.25) is 0 Å². The predicted molar refractivity (Wildman–Crippen MR) is 70.6 cm³/mol. The maximum Gasteiger partial charge on any atom is 0.410 e. The van der Waals surface area contributed by atoms with Gasteiger partial charge in [-0.2, -0.15) is 0 Å². The molecule has 1 aromatic carbocycles. The molecule has 104 valence electrons. The van der Waals surface area contributed by atoms with Gasteiger partial charge in [-0.15, -0.1) is 0 Å². The minimum atomic E-state index is -1.04. The minimum Gasteiger partial charge on any atom is -0.445 e. The zero-order valence-electron chi connectivity index (χ0n) is 11.0. The number of amides is 1. The van der Waals surface area contributed by atoms with Crippen LogP contribution < -0.4 is 5.32 Å². The summed E-state index contributed by atoms with van der Waals surface area (Å²) >= 11 is 0. The molecule has 1 aromatic rings. The molecule has 0 saturated carbocycles. The lowest BCUT2D eigenvalue weighted by atomic mass is 10.0. The van der Waals surface area contributed by atoms with E-state index in [4.69, 9.17) is 4.74 Å². The molecule has 1 amide bonds. The molecule has 0 aromatic heterocycles. The number of piperidine rings is 1. The molecule has 5 heteroatoms. The van der Waals surface area contributed by atoms with Gasteiger partial charge in [-0.1, -0.05) is 30.3 Å². The van der Waals surface area contributed by atoms with Crippen LogP contribution in [-0.2, 0) is 11.3 Å². The average Bonchev–Trinajstić information content (AvgIpc) is 2.45. The summed E-state index contributed by atoms with van der Waals surface area (Å²) in [4.78, 5) is 13.2. The fourth-order valence-electron chi connectivity index (χ4n) is 2.20. The fourth-order valence-corrected chi connectivity index (χ4v) is 2.20. The summed E-state index contributed by atoms with van der Waals surface area (Å²) in [5.74, 6) is 0. The van der Waals surface area contributed by atoms with E-state index < -0.39 is 18.3 Å². The number of benzene rings is 1. The van der Waals surface area contributed by atoms with Crippen LogP contribution in [0.25, 0.3) is 0 Å². The van der Waals surface area contributed by atoms with Crippen LogP contribution in [0.2, 0.25) is 0 Å². The maximum absolute atomic E-state index is 13.7. The van der Waals surface area contributed by atoms with Gasteiger partial charge in [0.2, 0.25) is 0 Å². The van der Waals surface area contributed by atoms with Crippen LogP contribution in [0.15, 0.2) is 30.3 Å². The third-order valence-corrected chi connectivity index (χ3v) is 3.36. The van der Waals surface area contributed by atoms with Gasteiger partial charge in [0, 0.05) is 13.6 Å². The van der Waals surface area contributed by atoms with E-state index in [9.17, 15) is 9.18 Å². The number of halogens is 1. The Morgan fingerprint density at radius 1 is 1.47 bits per heavy atom. The van der Waals surface area contributed by atoms with E-state index in [1.165, 1.54) is 4.90 Å². The van der Waals surface area contributed by atoms with Crippen LogP contribution in [0.3, 0.4) is 0 Å². The van der Waals surface area contributed by atoms with Gasteiger partial charge in [0.25, 0.3) is 0 Å². The number of alkyl halides is 1. The molecule has 1 heterocycles. The Labute approximate surface area is 112 Å². The number of hydrogen-bond acceptors (Lipinski definition) is 3. The molecule has 0 aliphatic carbocycles. The first kappa shape index (κ1) is 13.8. The SMILES string of the molecule is CN(C(=O)OCc1ccccc1)[C@@H]1CCNC[C@@H]1F. The summed E-state index contributed by atoms with van der Waals surface area (Å²) in [5.41, 5.74) is 0.923. The van der Waals surface area contributed by atoms with Crippen LogP contribution in [-0.4, -0.2) is 43.3 Å². The van der Waals surface area contributed by atoms with E-state index in [1.807, 2.05) is 30.3 Å². The number of nitrogens with one attached hydrogen (secondary N) is 1. The van der Waals surface area contributed by atoms with Gasteiger partial charge in [-0.05, 0) is 18.5 Å². The molecular weight excluding hydrogens is 247 g/mol. The van der Waals surface area contributed by atoms with Crippen molar-refractivity contribution in [3.05, 3.63) is 35.9 Å². The molecule has 1 saturated heterocycles. The highest BCUT2D eigenvalue weighted by Crippen LogP contribution is 2.15. The monoisotopic (exact) mass is 266 g/mol. The van der Waals surface area contributed by atoms with Gasteiger partial charge in [0.15, 0.2) is 0 Å². The van der Waals surface area contributed by atoms with Crippen molar-refractivity contribution in [3.8, 4) is 0 Å². The van der Waals surface area contributed by atoms with E-state index in [0.717, 1.165) is 12.1 Å². The van der Waals surface area contributed by atoms with Crippen molar-refractivity contribution in [1.29, 1.82) is 0 Å². The van der Waals surface area contributed by atoms with Crippen molar-refractivity contribution in [3.63, 3.8) is 0 Å². The van der Waals surface area contributed by atoms with E-state index in [-0.39, 0.29) is 6.61 Å². The minimum absolute atomic E-state index is 0.214. The maximum atomic E-state index is 13.7. The smallest absolute Gasteiger partial charge is 0.410 e. The molecule has 0 radical (unpaired) electrons. The highest BCUT2D eigenvalue weighted by Gasteiger charge is 2.31. The predicted octanol–water partition coefficient (Wildman–Crippen LogP) is 1.96. The van der Waals surface area contributed by atoms with Crippen molar-refractivity contribution < 1.29 is 13.9 Å². The second-order valence-corrected chi connectivity index (χ2v) is 4.73. The number of nitrogens with zero attached hydrogens (tertiary/aromatic N) is 1. The molecule has 19 heavy (non-hydrogen) atoms. The van der Waals surface area contributed by atoms with E-state index in [0.29, 0.717) is 13.0 Å². The molecule has 0 unspecified atom stereocenters. The lowest BCUT2D eigenvalue weighted by Crippen LogP contribution is -2.51. The normalized spacial score (nSPS) is 22.8. The lowest BCUT2D eigenvalue weighted by Gasteiger charge is -2.33. The highest BCUT2D eigenvalue weighted by atomic mass is 19.1. The number of carbonyl (C=O) groups excluding carboxylic acids is 1. The van der Waals surface area contributed by atoms with Crippen molar-refractivity contribution in [2.45, 2.75) is 25.2 Å². The first-order valence-corrected chi connectivity index (χ1v) is 6.47. The summed E-state index contributed by atoms with van der Waals surface area (Å²) < 4.78 is 18.9. The van der Waals surface area contributed by atoms with E-state index in [2.05, 4.69) is 5.32 Å². The second kappa shape index (κ2) is 6.52. The van der Waals surface area contributed by atoms with Crippen LogP contribution >= 0.6 is 0 Å². The second-order valence-electron chi connectivity index (χ2n) is 4.73. The molecule has 1 aliphatic rings. The zero-order valence-corrected chi connectivity index (χ0v) is 11.0. The number of ether oxygens (including phenoxy) is 1. The quantitative estimate of drug-likeness (QED) is 0.909. The van der Waals surface area contributed by atoms with Gasteiger partial charge in [0.1, 0.15) is 12.8 Å². The number of carbonyl (C=O) groups is 1.